The number of aliphatic carboxylic acids is 1. The number of hydrogen-bond donors (Lipinski definition) is 1. The average Bonchev–Trinajstić information content (AvgIpc) is 2.38. The molecule has 0 aromatic heterocycles. The molecule has 0 saturated carbocycles. The third-order valence-electron chi connectivity index (χ3n) is 3.06. The predicted octanol–water partition coefficient (Wildman–Crippen LogP) is 2.53. The number of nitrogens with zero attached hydrogens (tertiary/aromatic N) is 1. The summed E-state index contributed by atoms with van der Waals surface area (Å²) in [5.74, 6) is -1.12. The highest BCUT2D eigenvalue weighted by atomic mass is 79.9. The average molecular weight is 407 g/mol. The zero-order chi connectivity index (χ0) is 14.7. The lowest BCUT2D eigenvalue weighted by Crippen LogP contribution is -2.49. The lowest BCUT2D eigenvalue weighted by molar-refractivity contribution is -0.139. The fourth-order valence-electron chi connectivity index (χ4n) is 2.11. The minimum Gasteiger partial charge on any atom is -0.481 e. The molecule has 108 valence electrons. The van der Waals surface area contributed by atoms with Crippen molar-refractivity contribution in [2.45, 2.75) is 12.5 Å². The minimum absolute atomic E-state index is 0.111. The Bertz CT molecular complexity index is 535. The van der Waals surface area contributed by atoms with Crippen molar-refractivity contribution in [3.8, 4) is 0 Å². The molecule has 1 heterocycles. The first-order chi connectivity index (χ1) is 9.49. The summed E-state index contributed by atoms with van der Waals surface area (Å²) in [4.78, 5) is 25.0. The normalized spacial score (nSPS) is 18.9. The number of hydrogen-bond acceptors (Lipinski definition) is 3. The molecule has 5 nitrogen and oxygen atoms in total. The van der Waals surface area contributed by atoms with Crippen molar-refractivity contribution in [3.63, 3.8) is 0 Å². The second-order valence-electron chi connectivity index (χ2n) is 4.45. The monoisotopic (exact) mass is 405 g/mol. The van der Waals surface area contributed by atoms with Crippen molar-refractivity contribution in [2.75, 3.05) is 19.8 Å². The van der Waals surface area contributed by atoms with Crippen LogP contribution in [0, 0.1) is 0 Å². The Hall–Kier alpha value is -0.920. The van der Waals surface area contributed by atoms with Crippen LogP contribution < -0.4 is 0 Å². The summed E-state index contributed by atoms with van der Waals surface area (Å²) in [6, 6.07) is 4.86. The highest BCUT2D eigenvalue weighted by molar-refractivity contribution is 9.11. The van der Waals surface area contributed by atoms with Crippen LogP contribution in [0.4, 0.5) is 0 Å². The maximum Gasteiger partial charge on any atom is 0.305 e. The molecule has 1 fully saturated rings. The SMILES string of the molecule is O=C(O)CC1COCCN1C(=O)c1ccc(Br)cc1Br. The Morgan fingerprint density at radius 1 is 1.40 bits per heavy atom. The summed E-state index contributed by atoms with van der Waals surface area (Å²) < 4.78 is 6.82. The number of morpholine rings is 1. The van der Waals surface area contributed by atoms with Crippen molar-refractivity contribution >= 4 is 43.7 Å². The molecule has 7 heteroatoms. The number of halogens is 2. The van der Waals surface area contributed by atoms with Gasteiger partial charge < -0.3 is 14.7 Å². The summed E-state index contributed by atoms with van der Waals surface area (Å²) in [6.45, 7) is 1.08. The van der Waals surface area contributed by atoms with Crippen LogP contribution in [0.15, 0.2) is 27.1 Å². The van der Waals surface area contributed by atoms with Crippen LogP contribution in [-0.2, 0) is 9.53 Å². The van der Waals surface area contributed by atoms with E-state index in [1.165, 1.54) is 0 Å². The van der Waals surface area contributed by atoms with Gasteiger partial charge in [0.2, 0.25) is 0 Å². The summed E-state index contributed by atoms with van der Waals surface area (Å²) in [5, 5.41) is 8.92. The quantitative estimate of drug-likeness (QED) is 0.837. The third-order valence-corrected chi connectivity index (χ3v) is 4.21. The second-order valence-corrected chi connectivity index (χ2v) is 6.22. The summed E-state index contributed by atoms with van der Waals surface area (Å²) in [6.07, 6.45) is -0.111. The smallest absolute Gasteiger partial charge is 0.305 e. The fraction of sp³-hybridized carbons (Fsp3) is 0.385. The molecule has 20 heavy (non-hydrogen) atoms. The molecule has 1 atom stereocenters. The highest BCUT2D eigenvalue weighted by Gasteiger charge is 2.30. The summed E-state index contributed by atoms with van der Waals surface area (Å²) in [7, 11) is 0. The van der Waals surface area contributed by atoms with E-state index >= 15 is 0 Å². The number of benzene rings is 1. The molecule has 1 N–H and O–H groups in total. The molecule has 1 unspecified atom stereocenters. The topological polar surface area (TPSA) is 66.8 Å². The van der Waals surface area contributed by atoms with Gasteiger partial charge in [0.1, 0.15) is 0 Å². The molecule has 0 aliphatic carbocycles. The van der Waals surface area contributed by atoms with Crippen molar-refractivity contribution in [1.29, 1.82) is 0 Å². The first-order valence-corrected chi connectivity index (χ1v) is 7.63. The molecule has 1 aromatic carbocycles. The van der Waals surface area contributed by atoms with E-state index in [0.717, 1.165) is 4.47 Å². The predicted molar refractivity (Wildman–Crippen MR) is 79.7 cm³/mol. The van der Waals surface area contributed by atoms with E-state index in [4.69, 9.17) is 9.84 Å². The molecule has 1 aliphatic heterocycles. The highest BCUT2D eigenvalue weighted by Crippen LogP contribution is 2.25. The molecule has 1 saturated heterocycles. The van der Waals surface area contributed by atoms with Gasteiger partial charge in [-0.2, -0.15) is 0 Å². The van der Waals surface area contributed by atoms with Gasteiger partial charge in [0.05, 0.1) is 31.2 Å². The zero-order valence-corrected chi connectivity index (χ0v) is 13.7. The van der Waals surface area contributed by atoms with Crippen molar-refractivity contribution in [1.82, 2.24) is 4.90 Å². The molecular formula is C13H13Br2NO4. The number of rotatable bonds is 3. The van der Waals surface area contributed by atoms with Crippen LogP contribution in [0.3, 0.4) is 0 Å². The zero-order valence-electron chi connectivity index (χ0n) is 10.5. The molecule has 0 spiro atoms. The van der Waals surface area contributed by atoms with Crippen LogP contribution in [0.25, 0.3) is 0 Å². The fourth-order valence-corrected chi connectivity index (χ4v) is 3.33. The van der Waals surface area contributed by atoms with Crippen molar-refractivity contribution in [2.24, 2.45) is 0 Å². The Labute approximate surface area is 133 Å². The second kappa shape index (κ2) is 6.69. The van der Waals surface area contributed by atoms with Crippen molar-refractivity contribution < 1.29 is 19.4 Å². The van der Waals surface area contributed by atoms with Crippen molar-refractivity contribution in [3.05, 3.63) is 32.7 Å². The van der Waals surface area contributed by atoms with Crippen LogP contribution in [0.2, 0.25) is 0 Å². The Morgan fingerprint density at radius 3 is 2.80 bits per heavy atom. The van der Waals surface area contributed by atoms with Gasteiger partial charge in [-0.25, -0.2) is 0 Å². The van der Waals surface area contributed by atoms with E-state index in [9.17, 15) is 9.59 Å². The summed E-state index contributed by atoms with van der Waals surface area (Å²) >= 11 is 6.69. The largest absolute Gasteiger partial charge is 0.481 e. The minimum atomic E-state index is -0.937. The van der Waals surface area contributed by atoms with Gasteiger partial charge in [0.15, 0.2) is 0 Å². The lowest BCUT2D eigenvalue weighted by atomic mass is 10.1. The van der Waals surface area contributed by atoms with Gasteiger partial charge in [-0.3, -0.25) is 9.59 Å². The van der Waals surface area contributed by atoms with E-state index in [1.54, 1.807) is 23.1 Å². The number of carboxylic acid groups (broad SMARTS) is 1. The van der Waals surface area contributed by atoms with Gasteiger partial charge in [0, 0.05) is 15.5 Å². The van der Waals surface area contributed by atoms with Crippen LogP contribution in [-0.4, -0.2) is 47.7 Å². The maximum atomic E-state index is 12.6. The van der Waals surface area contributed by atoms with Crippen LogP contribution in [0.1, 0.15) is 16.8 Å². The first-order valence-electron chi connectivity index (χ1n) is 6.04. The van der Waals surface area contributed by atoms with E-state index in [2.05, 4.69) is 31.9 Å². The Balaban J connectivity index is 2.22. The molecule has 1 amide bonds. The summed E-state index contributed by atoms with van der Waals surface area (Å²) in [5.41, 5.74) is 0.519. The van der Waals surface area contributed by atoms with Gasteiger partial charge in [-0.1, -0.05) is 15.9 Å². The van der Waals surface area contributed by atoms with E-state index in [1.807, 2.05) is 0 Å². The number of amides is 1. The van der Waals surface area contributed by atoms with Gasteiger partial charge in [0.25, 0.3) is 5.91 Å². The van der Waals surface area contributed by atoms with E-state index < -0.39 is 12.0 Å². The molecule has 0 radical (unpaired) electrons. The Kier molecular flexibility index (Phi) is 5.17. The number of carboxylic acids is 1. The van der Waals surface area contributed by atoms with Gasteiger partial charge in [-0.15, -0.1) is 0 Å². The van der Waals surface area contributed by atoms with E-state index in [0.29, 0.717) is 23.2 Å². The maximum absolute atomic E-state index is 12.6. The molecule has 2 rings (SSSR count). The van der Waals surface area contributed by atoms with Crippen LogP contribution >= 0.6 is 31.9 Å². The first kappa shape index (κ1) is 15.5. The van der Waals surface area contributed by atoms with Gasteiger partial charge in [-0.05, 0) is 34.1 Å². The standard InChI is InChI=1S/C13H13Br2NO4/c14-8-1-2-10(11(15)5-8)13(19)16-3-4-20-7-9(16)6-12(17)18/h1-2,5,9H,3-4,6-7H2,(H,17,18). The lowest BCUT2D eigenvalue weighted by Gasteiger charge is -2.35. The number of carbonyl (C=O) groups excluding carboxylic acids is 1. The molecule has 0 bridgehead atoms. The van der Waals surface area contributed by atoms with Gasteiger partial charge >= 0.3 is 5.97 Å². The van der Waals surface area contributed by atoms with Crippen LogP contribution in [0.5, 0.6) is 0 Å². The van der Waals surface area contributed by atoms with E-state index in [-0.39, 0.29) is 18.9 Å². The molecule has 1 aromatic rings. The Morgan fingerprint density at radius 2 is 2.15 bits per heavy atom. The molecule has 1 aliphatic rings. The third kappa shape index (κ3) is 3.59. The molecular weight excluding hydrogens is 394 g/mol. The number of ether oxygens (including phenoxy) is 1. The number of carbonyl (C=O) groups is 2.